The normalized spacial score (nSPS) is 11.0. The fraction of sp³-hybridized carbons (Fsp3) is 0.150. The zero-order chi connectivity index (χ0) is 19.0. The van der Waals surface area contributed by atoms with Crippen LogP contribution in [0.2, 0.25) is 0 Å². The molecule has 0 radical (unpaired) electrons. The second-order valence-corrected chi connectivity index (χ2v) is 8.03. The van der Waals surface area contributed by atoms with E-state index in [0.29, 0.717) is 16.0 Å². The van der Waals surface area contributed by atoms with Crippen LogP contribution in [0.1, 0.15) is 11.4 Å². The van der Waals surface area contributed by atoms with Crippen molar-refractivity contribution in [2.75, 3.05) is 5.32 Å². The molecule has 4 aromatic rings. The Bertz CT molecular complexity index is 1190. The molecule has 0 saturated heterocycles. The van der Waals surface area contributed by atoms with Gasteiger partial charge < -0.3 is 5.32 Å². The van der Waals surface area contributed by atoms with Gasteiger partial charge in [0, 0.05) is 21.5 Å². The number of benzene rings is 1. The Balaban J connectivity index is 1.71. The van der Waals surface area contributed by atoms with Crippen molar-refractivity contribution in [2.24, 2.45) is 0 Å². The van der Waals surface area contributed by atoms with Crippen molar-refractivity contribution in [1.29, 1.82) is 0 Å². The van der Waals surface area contributed by atoms with Gasteiger partial charge >= 0.3 is 0 Å². The first kappa shape index (κ1) is 17.6. The molecule has 1 N–H and O–H groups in total. The van der Waals surface area contributed by atoms with Gasteiger partial charge in [-0.1, -0.05) is 24.3 Å². The van der Waals surface area contributed by atoms with E-state index in [4.69, 9.17) is 0 Å². The number of anilines is 1. The first-order chi connectivity index (χ1) is 13.0. The average Bonchev–Trinajstić information content (AvgIpc) is 3.30. The van der Waals surface area contributed by atoms with Gasteiger partial charge in [-0.05, 0) is 36.9 Å². The summed E-state index contributed by atoms with van der Waals surface area (Å²) in [6.45, 7) is 3.62. The lowest BCUT2D eigenvalue weighted by Crippen LogP contribution is -2.30. The summed E-state index contributed by atoms with van der Waals surface area (Å²) in [6, 6.07) is 11.5. The smallest absolute Gasteiger partial charge is 0.263 e. The van der Waals surface area contributed by atoms with Crippen LogP contribution in [0.4, 0.5) is 5.69 Å². The minimum absolute atomic E-state index is 0.0678. The van der Waals surface area contributed by atoms with Crippen LogP contribution in [0.5, 0.6) is 0 Å². The molecular weight excluding hydrogens is 378 g/mol. The number of thiophene rings is 2. The molecule has 0 fully saturated rings. The van der Waals surface area contributed by atoms with E-state index in [-0.39, 0.29) is 18.0 Å². The van der Waals surface area contributed by atoms with Crippen LogP contribution in [0, 0.1) is 13.8 Å². The zero-order valence-corrected chi connectivity index (χ0v) is 16.5. The van der Waals surface area contributed by atoms with Gasteiger partial charge in [0.15, 0.2) is 0 Å². The largest absolute Gasteiger partial charge is 0.324 e. The van der Waals surface area contributed by atoms with Crippen molar-refractivity contribution in [2.45, 2.75) is 20.4 Å². The molecule has 0 spiro atoms. The minimum Gasteiger partial charge on any atom is -0.324 e. The van der Waals surface area contributed by atoms with Crippen LogP contribution in [-0.2, 0) is 11.3 Å². The Hall–Kier alpha value is -2.77. The lowest BCUT2D eigenvalue weighted by molar-refractivity contribution is -0.116. The van der Waals surface area contributed by atoms with E-state index < -0.39 is 0 Å². The third-order valence-corrected chi connectivity index (χ3v) is 6.17. The maximum atomic E-state index is 13.1. The zero-order valence-electron chi connectivity index (χ0n) is 14.9. The summed E-state index contributed by atoms with van der Waals surface area (Å²) in [5.41, 5.74) is 2.43. The van der Waals surface area contributed by atoms with E-state index in [2.05, 4.69) is 10.3 Å². The van der Waals surface area contributed by atoms with Crippen LogP contribution >= 0.6 is 22.7 Å². The van der Waals surface area contributed by atoms with Gasteiger partial charge in [-0.15, -0.1) is 22.7 Å². The molecule has 4 rings (SSSR count). The highest BCUT2D eigenvalue weighted by atomic mass is 32.1. The molecule has 27 heavy (non-hydrogen) atoms. The predicted molar refractivity (Wildman–Crippen MR) is 112 cm³/mol. The van der Waals surface area contributed by atoms with E-state index in [0.717, 1.165) is 21.7 Å². The highest BCUT2D eigenvalue weighted by molar-refractivity contribution is 7.18. The highest BCUT2D eigenvalue weighted by Gasteiger charge is 2.17. The van der Waals surface area contributed by atoms with Gasteiger partial charge in [-0.3, -0.25) is 14.2 Å². The van der Waals surface area contributed by atoms with Crippen LogP contribution in [0.3, 0.4) is 0 Å². The van der Waals surface area contributed by atoms with E-state index in [1.54, 1.807) is 18.3 Å². The molecule has 7 heteroatoms. The predicted octanol–water partition coefficient (Wildman–Crippen LogP) is 4.44. The van der Waals surface area contributed by atoms with Crippen LogP contribution in [0.15, 0.2) is 52.0 Å². The standard InChI is InChI=1S/C20H17N3O2S2/c1-12-6-3-4-7-15(12)22-17(24)10-23-13(2)21-19-18(20(23)25)14(11-27-19)16-8-5-9-26-16/h3-9,11H,10H2,1-2H3,(H,22,24). The molecule has 0 saturated carbocycles. The lowest BCUT2D eigenvalue weighted by atomic mass is 10.2. The maximum Gasteiger partial charge on any atom is 0.263 e. The fourth-order valence-electron chi connectivity index (χ4n) is 2.97. The first-order valence-electron chi connectivity index (χ1n) is 8.42. The van der Waals surface area contributed by atoms with Crippen LogP contribution in [0.25, 0.3) is 20.7 Å². The molecule has 5 nitrogen and oxygen atoms in total. The number of hydrogen-bond acceptors (Lipinski definition) is 5. The van der Waals surface area contributed by atoms with Crippen molar-refractivity contribution in [3.63, 3.8) is 0 Å². The summed E-state index contributed by atoms with van der Waals surface area (Å²) in [7, 11) is 0. The van der Waals surface area contributed by atoms with Crippen molar-refractivity contribution < 1.29 is 4.79 Å². The number of nitrogens with zero attached hydrogens (tertiary/aromatic N) is 2. The molecule has 0 aliphatic rings. The van der Waals surface area contributed by atoms with E-state index in [9.17, 15) is 9.59 Å². The van der Waals surface area contributed by atoms with Crippen molar-refractivity contribution in [3.8, 4) is 10.4 Å². The summed E-state index contributed by atoms with van der Waals surface area (Å²) in [4.78, 5) is 32.0. The topological polar surface area (TPSA) is 64.0 Å². The molecule has 0 aliphatic heterocycles. The van der Waals surface area contributed by atoms with Crippen molar-refractivity contribution in [1.82, 2.24) is 9.55 Å². The van der Waals surface area contributed by atoms with Gasteiger partial charge in [0.2, 0.25) is 5.91 Å². The number of aromatic nitrogens is 2. The molecule has 3 heterocycles. The van der Waals surface area contributed by atoms with Crippen LogP contribution in [-0.4, -0.2) is 15.5 Å². The van der Waals surface area contributed by atoms with E-state index in [1.807, 2.05) is 54.1 Å². The SMILES string of the molecule is Cc1ccccc1NC(=O)Cn1c(C)nc2scc(-c3cccs3)c2c1=O. The summed E-state index contributed by atoms with van der Waals surface area (Å²) in [5.74, 6) is 0.288. The molecule has 136 valence electrons. The number of amides is 1. The minimum atomic E-state index is -0.247. The van der Waals surface area contributed by atoms with Gasteiger partial charge in [-0.25, -0.2) is 4.98 Å². The Morgan fingerprint density at radius 2 is 1.96 bits per heavy atom. The third kappa shape index (κ3) is 3.31. The lowest BCUT2D eigenvalue weighted by Gasteiger charge is -2.11. The molecule has 0 atom stereocenters. The molecule has 3 aromatic heterocycles. The Labute approximate surface area is 163 Å². The van der Waals surface area contributed by atoms with Gasteiger partial charge in [0.25, 0.3) is 5.56 Å². The summed E-state index contributed by atoms with van der Waals surface area (Å²) < 4.78 is 1.44. The van der Waals surface area contributed by atoms with Gasteiger partial charge in [-0.2, -0.15) is 0 Å². The Morgan fingerprint density at radius 1 is 1.15 bits per heavy atom. The fourth-order valence-corrected chi connectivity index (χ4v) is 4.77. The molecule has 1 amide bonds. The number of nitrogens with one attached hydrogen (secondary N) is 1. The quantitative estimate of drug-likeness (QED) is 0.555. The number of rotatable bonds is 4. The number of para-hydroxylation sites is 1. The molecule has 0 aliphatic carbocycles. The molecular formula is C20H17N3O2S2. The summed E-state index contributed by atoms with van der Waals surface area (Å²) in [5, 5.41) is 7.40. The van der Waals surface area contributed by atoms with E-state index in [1.165, 1.54) is 15.9 Å². The Morgan fingerprint density at radius 3 is 2.70 bits per heavy atom. The number of hydrogen-bond donors (Lipinski definition) is 1. The van der Waals surface area contributed by atoms with Gasteiger partial charge in [0.05, 0.1) is 5.39 Å². The van der Waals surface area contributed by atoms with Crippen LogP contribution < -0.4 is 10.9 Å². The maximum absolute atomic E-state index is 13.1. The number of carbonyl (C=O) groups is 1. The van der Waals surface area contributed by atoms with E-state index >= 15 is 0 Å². The second kappa shape index (κ2) is 7.09. The number of fused-ring (bicyclic) bond motifs is 1. The highest BCUT2D eigenvalue weighted by Crippen LogP contribution is 2.33. The monoisotopic (exact) mass is 395 g/mol. The van der Waals surface area contributed by atoms with Crippen molar-refractivity contribution >= 4 is 44.5 Å². The summed E-state index contributed by atoms with van der Waals surface area (Å²) in [6.07, 6.45) is 0. The third-order valence-electron chi connectivity index (χ3n) is 4.39. The summed E-state index contributed by atoms with van der Waals surface area (Å²) >= 11 is 3.04. The number of aryl methyl sites for hydroxylation is 2. The number of carbonyl (C=O) groups excluding carboxylic acids is 1. The first-order valence-corrected chi connectivity index (χ1v) is 10.2. The van der Waals surface area contributed by atoms with Gasteiger partial charge in [0.1, 0.15) is 17.2 Å². The van der Waals surface area contributed by atoms with Crippen molar-refractivity contribution in [3.05, 3.63) is 68.9 Å². The average molecular weight is 396 g/mol. The molecule has 0 unspecified atom stereocenters. The second-order valence-electron chi connectivity index (χ2n) is 6.22. The molecule has 0 bridgehead atoms. The Kier molecular flexibility index (Phi) is 4.63. The molecule has 1 aromatic carbocycles.